The average Bonchev–Trinajstić information content (AvgIpc) is 2.76. The molecule has 1 aromatic carbocycles. The summed E-state index contributed by atoms with van der Waals surface area (Å²) < 4.78 is 8.53. The van der Waals surface area contributed by atoms with E-state index < -0.39 is 0 Å². The van der Waals surface area contributed by atoms with Gasteiger partial charge in [-0.1, -0.05) is 39.0 Å². The van der Waals surface area contributed by atoms with Crippen molar-refractivity contribution in [2.45, 2.75) is 46.3 Å². The molecule has 0 radical (unpaired) electrons. The SMILES string of the molecule is CCn1c(COc2ccccc2C(C)(C)C)n[nH]c1=S. The van der Waals surface area contributed by atoms with E-state index in [4.69, 9.17) is 17.0 Å². The van der Waals surface area contributed by atoms with E-state index in [1.807, 2.05) is 29.7 Å². The molecule has 0 saturated carbocycles. The first kappa shape index (κ1) is 14.8. The van der Waals surface area contributed by atoms with Crippen molar-refractivity contribution in [3.8, 4) is 5.75 Å². The molecule has 2 aromatic rings. The molecule has 0 atom stereocenters. The number of rotatable bonds is 4. The number of ether oxygens (including phenoxy) is 1. The Balaban J connectivity index is 2.21. The summed E-state index contributed by atoms with van der Waals surface area (Å²) in [6.07, 6.45) is 0. The molecule has 1 heterocycles. The highest BCUT2D eigenvalue weighted by Gasteiger charge is 2.18. The van der Waals surface area contributed by atoms with Gasteiger partial charge in [-0.3, -0.25) is 5.10 Å². The van der Waals surface area contributed by atoms with Crippen LogP contribution in [0.1, 0.15) is 39.1 Å². The van der Waals surface area contributed by atoms with Gasteiger partial charge in [0.15, 0.2) is 10.6 Å². The van der Waals surface area contributed by atoms with Crippen LogP contribution in [0.25, 0.3) is 0 Å². The first-order valence-electron chi connectivity index (χ1n) is 6.80. The van der Waals surface area contributed by atoms with E-state index in [0.717, 1.165) is 18.1 Å². The number of benzene rings is 1. The fourth-order valence-corrected chi connectivity index (χ4v) is 2.42. The predicted molar refractivity (Wildman–Crippen MR) is 82.6 cm³/mol. The summed E-state index contributed by atoms with van der Waals surface area (Å²) in [7, 11) is 0. The summed E-state index contributed by atoms with van der Waals surface area (Å²) in [5, 5.41) is 7.02. The lowest BCUT2D eigenvalue weighted by Crippen LogP contribution is -2.14. The quantitative estimate of drug-likeness (QED) is 0.870. The number of aromatic amines is 1. The molecule has 0 aliphatic heterocycles. The Kier molecular flexibility index (Phi) is 4.28. The Bertz CT molecular complexity index is 637. The van der Waals surface area contributed by atoms with E-state index in [2.05, 4.69) is 37.0 Å². The van der Waals surface area contributed by atoms with Crippen LogP contribution in [-0.4, -0.2) is 14.8 Å². The van der Waals surface area contributed by atoms with Crippen molar-refractivity contribution in [2.24, 2.45) is 0 Å². The minimum absolute atomic E-state index is 0.0477. The van der Waals surface area contributed by atoms with Crippen LogP contribution in [0.2, 0.25) is 0 Å². The van der Waals surface area contributed by atoms with Gasteiger partial charge in [-0.05, 0) is 36.2 Å². The lowest BCUT2D eigenvalue weighted by Gasteiger charge is -2.22. The third-order valence-electron chi connectivity index (χ3n) is 3.21. The Morgan fingerprint density at radius 1 is 1.30 bits per heavy atom. The summed E-state index contributed by atoms with van der Waals surface area (Å²) in [4.78, 5) is 0. The highest BCUT2D eigenvalue weighted by molar-refractivity contribution is 7.71. The van der Waals surface area contributed by atoms with Gasteiger partial charge in [0.2, 0.25) is 0 Å². The van der Waals surface area contributed by atoms with Crippen LogP contribution in [0.5, 0.6) is 5.75 Å². The molecule has 0 amide bonds. The van der Waals surface area contributed by atoms with Crippen LogP contribution in [0.4, 0.5) is 0 Å². The minimum atomic E-state index is 0.0477. The van der Waals surface area contributed by atoms with Gasteiger partial charge in [0.05, 0.1) is 0 Å². The highest BCUT2D eigenvalue weighted by atomic mass is 32.1. The zero-order chi connectivity index (χ0) is 14.8. The minimum Gasteiger partial charge on any atom is -0.485 e. The second-order valence-electron chi connectivity index (χ2n) is 5.72. The first-order valence-corrected chi connectivity index (χ1v) is 7.20. The molecule has 0 bridgehead atoms. The molecule has 0 spiro atoms. The third kappa shape index (κ3) is 3.10. The number of hydrogen-bond acceptors (Lipinski definition) is 3. The molecule has 0 unspecified atom stereocenters. The molecule has 4 nitrogen and oxygen atoms in total. The lowest BCUT2D eigenvalue weighted by molar-refractivity contribution is 0.281. The molecule has 1 N–H and O–H groups in total. The normalized spacial score (nSPS) is 11.6. The summed E-state index contributed by atoms with van der Waals surface area (Å²) in [5.74, 6) is 1.72. The summed E-state index contributed by atoms with van der Waals surface area (Å²) in [5.41, 5.74) is 1.24. The van der Waals surface area contributed by atoms with Crippen molar-refractivity contribution in [1.82, 2.24) is 14.8 Å². The van der Waals surface area contributed by atoms with Crippen molar-refractivity contribution >= 4 is 12.2 Å². The first-order chi connectivity index (χ1) is 9.43. The van der Waals surface area contributed by atoms with Crippen LogP contribution in [0.15, 0.2) is 24.3 Å². The monoisotopic (exact) mass is 291 g/mol. The number of hydrogen-bond donors (Lipinski definition) is 1. The van der Waals surface area contributed by atoms with Crippen LogP contribution in [0, 0.1) is 4.77 Å². The average molecular weight is 291 g/mol. The van der Waals surface area contributed by atoms with Crippen molar-refractivity contribution in [2.75, 3.05) is 0 Å². The molecular formula is C15H21N3OS. The van der Waals surface area contributed by atoms with E-state index in [0.29, 0.717) is 11.4 Å². The maximum absolute atomic E-state index is 5.96. The number of nitrogens with one attached hydrogen (secondary N) is 1. The predicted octanol–water partition coefficient (Wildman–Crippen LogP) is 3.84. The smallest absolute Gasteiger partial charge is 0.195 e. The van der Waals surface area contributed by atoms with Crippen LogP contribution < -0.4 is 4.74 Å². The molecule has 20 heavy (non-hydrogen) atoms. The second kappa shape index (κ2) is 5.79. The standard InChI is InChI=1S/C15H21N3OS/c1-5-18-13(16-17-14(18)20)10-19-12-9-7-6-8-11(12)15(2,3)4/h6-9H,5,10H2,1-4H3,(H,17,20). The van der Waals surface area contributed by atoms with E-state index in [-0.39, 0.29) is 5.41 Å². The van der Waals surface area contributed by atoms with Crippen LogP contribution in [-0.2, 0) is 18.6 Å². The van der Waals surface area contributed by atoms with Crippen LogP contribution in [0.3, 0.4) is 0 Å². The molecular weight excluding hydrogens is 270 g/mol. The molecule has 1 aromatic heterocycles. The summed E-state index contributed by atoms with van der Waals surface area (Å²) in [6.45, 7) is 9.77. The van der Waals surface area contributed by atoms with Crippen molar-refractivity contribution in [1.29, 1.82) is 0 Å². The van der Waals surface area contributed by atoms with Gasteiger partial charge in [0.1, 0.15) is 12.4 Å². The number of nitrogens with zero attached hydrogens (tertiary/aromatic N) is 2. The van der Waals surface area contributed by atoms with Crippen molar-refractivity contribution in [3.63, 3.8) is 0 Å². The highest BCUT2D eigenvalue weighted by Crippen LogP contribution is 2.31. The van der Waals surface area contributed by atoms with E-state index in [9.17, 15) is 0 Å². The number of para-hydroxylation sites is 1. The van der Waals surface area contributed by atoms with Gasteiger partial charge >= 0.3 is 0 Å². The molecule has 0 saturated heterocycles. The summed E-state index contributed by atoms with van der Waals surface area (Å²) >= 11 is 5.18. The topological polar surface area (TPSA) is 42.8 Å². The van der Waals surface area contributed by atoms with Crippen LogP contribution >= 0.6 is 12.2 Å². The third-order valence-corrected chi connectivity index (χ3v) is 3.52. The lowest BCUT2D eigenvalue weighted by atomic mass is 9.86. The van der Waals surface area contributed by atoms with E-state index in [1.54, 1.807) is 0 Å². The van der Waals surface area contributed by atoms with Gasteiger partial charge in [0.25, 0.3) is 0 Å². The zero-order valence-electron chi connectivity index (χ0n) is 12.4. The molecule has 0 aliphatic rings. The van der Waals surface area contributed by atoms with Crippen molar-refractivity contribution in [3.05, 3.63) is 40.4 Å². The summed E-state index contributed by atoms with van der Waals surface area (Å²) in [6, 6.07) is 8.13. The Hall–Kier alpha value is -1.62. The molecule has 2 rings (SSSR count). The van der Waals surface area contributed by atoms with Gasteiger partial charge in [0, 0.05) is 6.54 Å². The maximum Gasteiger partial charge on any atom is 0.195 e. The number of aromatic nitrogens is 3. The Morgan fingerprint density at radius 3 is 2.65 bits per heavy atom. The Morgan fingerprint density at radius 2 is 2.00 bits per heavy atom. The van der Waals surface area contributed by atoms with Crippen molar-refractivity contribution < 1.29 is 4.74 Å². The molecule has 108 valence electrons. The van der Waals surface area contributed by atoms with E-state index in [1.165, 1.54) is 5.56 Å². The second-order valence-corrected chi connectivity index (χ2v) is 6.11. The molecule has 0 aliphatic carbocycles. The van der Waals surface area contributed by atoms with E-state index >= 15 is 0 Å². The fraction of sp³-hybridized carbons (Fsp3) is 0.467. The Labute approximate surface area is 124 Å². The molecule has 5 heteroatoms. The zero-order valence-corrected chi connectivity index (χ0v) is 13.3. The maximum atomic E-state index is 5.96. The largest absolute Gasteiger partial charge is 0.485 e. The van der Waals surface area contributed by atoms with Gasteiger partial charge in [-0.15, -0.1) is 0 Å². The fourth-order valence-electron chi connectivity index (χ4n) is 2.14. The van der Waals surface area contributed by atoms with Gasteiger partial charge in [-0.2, -0.15) is 5.10 Å². The van der Waals surface area contributed by atoms with Gasteiger partial charge < -0.3 is 9.30 Å². The molecule has 0 fully saturated rings. The number of H-pyrrole nitrogens is 1. The van der Waals surface area contributed by atoms with Gasteiger partial charge in [-0.25, -0.2) is 0 Å².